The van der Waals surface area contributed by atoms with Gasteiger partial charge in [-0.2, -0.15) is 13.2 Å². The van der Waals surface area contributed by atoms with Crippen molar-refractivity contribution in [1.29, 1.82) is 0 Å². The molecule has 19 nitrogen and oxygen atoms in total. The van der Waals surface area contributed by atoms with Crippen molar-refractivity contribution in [3.63, 3.8) is 0 Å². The Bertz CT molecular complexity index is 3880. The lowest BCUT2D eigenvalue weighted by atomic mass is 9.70. The number of anilines is 3. The normalized spacial score (nSPS) is 22.1. The Morgan fingerprint density at radius 1 is 0.779 bits per heavy atom. The summed E-state index contributed by atoms with van der Waals surface area (Å²) in [7, 11) is -11.0. The largest absolute Gasteiger partial charge is 0.501 e. The number of piperidine rings is 1. The predicted octanol–water partition coefficient (Wildman–Crippen LogP) is 8.72. The second-order valence-corrected chi connectivity index (χ2v) is 31.7. The van der Waals surface area contributed by atoms with Crippen molar-refractivity contribution in [2.75, 3.05) is 139 Å². The lowest BCUT2D eigenvalue weighted by molar-refractivity contribution is -0.136. The molecule has 95 heavy (non-hydrogen) atoms. The number of likely N-dealkylation sites (tertiary alicyclic amines) is 1. The Hall–Kier alpha value is -6.55. The van der Waals surface area contributed by atoms with Crippen molar-refractivity contribution >= 4 is 89.5 Å². The number of halogens is 4. The van der Waals surface area contributed by atoms with Gasteiger partial charge in [0.05, 0.1) is 17.2 Å². The van der Waals surface area contributed by atoms with E-state index in [-0.39, 0.29) is 29.2 Å². The maximum Gasteiger partial charge on any atom is 0.501 e. The van der Waals surface area contributed by atoms with Crippen LogP contribution in [0.25, 0.3) is 5.57 Å². The molecule has 1 aliphatic carbocycles. The Balaban J connectivity index is 0.629. The van der Waals surface area contributed by atoms with Crippen LogP contribution in [-0.4, -0.2) is 206 Å². The van der Waals surface area contributed by atoms with Gasteiger partial charge < -0.3 is 34.6 Å². The number of rotatable bonds is 22. The summed E-state index contributed by atoms with van der Waals surface area (Å²) in [6.07, 6.45) is 4.82. The fourth-order valence-electron chi connectivity index (χ4n) is 14.5. The van der Waals surface area contributed by atoms with Crippen molar-refractivity contribution < 1.29 is 53.9 Å². The average Bonchev–Trinajstić information content (AvgIpc) is 1.67. The third-order valence-electron chi connectivity index (χ3n) is 19.7. The molecule has 6 aliphatic heterocycles. The highest BCUT2D eigenvalue weighted by molar-refractivity contribution is 7.99. The number of carbonyl (C=O) groups is 4. The summed E-state index contributed by atoms with van der Waals surface area (Å²) in [5.41, 5.74) is 1.36. The molecule has 5 aromatic carbocycles. The van der Waals surface area contributed by atoms with E-state index in [1.807, 2.05) is 59.3 Å². The highest BCUT2D eigenvalue weighted by atomic mass is 35.5. The first-order valence-electron chi connectivity index (χ1n) is 32.8. The molecular weight excluding hydrogens is 1300 g/mol. The molecular formula is C69H82ClF3N10O9S3. The molecule has 0 aromatic heterocycles. The minimum Gasteiger partial charge on any atom is -0.380 e. The molecule has 12 rings (SSSR count). The average molecular weight is 1380 g/mol. The topological polar surface area (TPSA) is 205 Å². The van der Waals surface area contributed by atoms with Gasteiger partial charge in [0.15, 0.2) is 0 Å². The number of allylic oxidation sites excluding steroid dienone is 1. The van der Waals surface area contributed by atoms with Gasteiger partial charge in [0.1, 0.15) is 10.9 Å². The summed E-state index contributed by atoms with van der Waals surface area (Å²) >= 11 is 7.84. The maximum absolute atomic E-state index is 14.4. The predicted molar refractivity (Wildman–Crippen MR) is 362 cm³/mol. The number of alkyl halides is 3. The maximum atomic E-state index is 14.4. The monoisotopic (exact) mass is 1380 g/mol. The second-order valence-electron chi connectivity index (χ2n) is 26.6. The van der Waals surface area contributed by atoms with Crippen LogP contribution in [0.15, 0.2) is 136 Å². The van der Waals surface area contributed by atoms with E-state index < -0.39 is 64.7 Å². The molecule has 6 heterocycles. The van der Waals surface area contributed by atoms with E-state index in [0.717, 1.165) is 138 Å². The fraction of sp³-hybridized carbons (Fsp3) is 0.478. The molecule has 0 spiro atoms. The number of hydrogen-bond donors (Lipinski definition) is 3. The van der Waals surface area contributed by atoms with Gasteiger partial charge in [-0.3, -0.25) is 34.3 Å². The minimum atomic E-state index is -6.10. The number of nitrogens with zero attached hydrogens (tertiary/aromatic N) is 7. The minimum absolute atomic E-state index is 0.0180. The number of hydrogen-bond acceptors (Lipinski definition) is 17. The van der Waals surface area contributed by atoms with Gasteiger partial charge in [-0.1, -0.05) is 54.4 Å². The number of piperazine rings is 2. The third kappa shape index (κ3) is 16.4. The van der Waals surface area contributed by atoms with E-state index in [1.54, 1.807) is 17.0 Å². The van der Waals surface area contributed by atoms with E-state index in [2.05, 4.69) is 65.2 Å². The first-order chi connectivity index (χ1) is 45.5. The van der Waals surface area contributed by atoms with E-state index >= 15 is 0 Å². The smallest absolute Gasteiger partial charge is 0.380 e. The van der Waals surface area contributed by atoms with Crippen LogP contribution in [0.3, 0.4) is 0 Å². The fourth-order valence-corrected chi connectivity index (χ4v) is 17.6. The van der Waals surface area contributed by atoms with Crippen LogP contribution < -0.4 is 25.2 Å². The molecule has 26 heteroatoms. The Morgan fingerprint density at radius 2 is 1.48 bits per heavy atom. The second kappa shape index (κ2) is 29.3. The zero-order valence-electron chi connectivity index (χ0n) is 53.3. The summed E-state index contributed by atoms with van der Waals surface area (Å²) in [5, 5.41) is 6.10. The Morgan fingerprint density at radius 3 is 2.20 bits per heavy atom. The number of benzene rings is 5. The number of imide groups is 1. The van der Waals surface area contributed by atoms with Crippen molar-refractivity contribution in [2.24, 2.45) is 11.3 Å². The van der Waals surface area contributed by atoms with Crippen LogP contribution in [-0.2, 0) is 40.7 Å². The quantitative estimate of drug-likeness (QED) is 0.0438. The third-order valence-corrected chi connectivity index (χ3v) is 23.9. The number of amides is 4. The van der Waals surface area contributed by atoms with Gasteiger partial charge in [0.25, 0.3) is 31.7 Å². The van der Waals surface area contributed by atoms with Crippen molar-refractivity contribution in [1.82, 2.24) is 34.5 Å². The first-order valence-corrected chi connectivity index (χ1v) is 37.1. The van der Waals surface area contributed by atoms with E-state index in [1.165, 1.54) is 40.6 Å². The summed E-state index contributed by atoms with van der Waals surface area (Å²) in [5.74, 6) is -0.947. The van der Waals surface area contributed by atoms with Gasteiger partial charge >= 0.3 is 5.51 Å². The highest BCUT2D eigenvalue weighted by Crippen LogP contribution is 2.45. The molecule has 5 saturated heterocycles. The van der Waals surface area contributed by atoms with Crippen LogP contribution in [0, 0.1) is 11.3 Å². The van der Waals surface area contributed by atoms with E-state index in [9.17, 15) is 49.2 Å². The number of ether oxygens (including phenoxy) is 1. The van der Waals surface area contributed by atoms with Gasteiger partial charge in [0, 0.05) is 169 Å². The first kappa shape index (κ1) is 68.4. The number of sulfonamides is 1. The zero-order valence-corrected chi connectivity index (χ0v) is 56.5. The number of thioether (sulfide) groups is 1. The molecule has 3 N–H and O–H groups in total. The Kier molecular flexibility index (Phi) is 21.1. The summed E-state index contributed by atoms with van der Waals surface area (Å²) in [6, 6.07) is 31.3. The number of sulfone groups is 1. The molecule has 7 aliphatic rings. The van der Waals surface area contributed by atoms with Crippen molar-refractivity contribution in [3.05, 3.63) is 148 Å². The van der Waals surface area contributed by atoms with E-state index in [4.69, 9.17) is 16.3 Å². The lowest BCUT2D eigenvalue weighted by Gasteiger charge is -2.48. The lowest BCUT2D eigenvalue weighted by Crippen LogP contribution is -2.56. The molecule has 5 fully saturated rings. The molecule has 5 aromatic rings. The molecule has 1 unspecified atom stereocenters. The molecule has 4 amide bonds. The molecule has 3 atom stereocenters. The summed E-state index contributed by atoms with van der Waals surface area (Å²) < 4.78 is 105. The highest BCUT2D eigenvalue weighted by Gasteiger charge is 2.49. The number of fused-ring (bicyclic) bond motifs is 1. The molecule has 508 valence electrons. The number of carbonyl (C=O) groups excluding carboxylic acids is 4. The summed E-state index contributed by atoms with van der Waals surface area (Å²) in [6.45, 7) is 17.6. The zero-order chi connectivity index (χ0) is 66.7. The summed E-state index contributed by atoms with van der Waals surface area (Å²) in [4.78, 5) is 66.2. The van der Waals surface area contributed by atoms with Crippen LogP contribution in [0.2, 0.25) is 5.02 Å². The Labute approximate surface area is 563 Å². The van der Waals surface area contributed by atoms with Crippen molar-refractivity contribution in [3.8, 4) is 0 Å². The van der Waals surface area contributed by atoms with Crippen LogP contribution in [0.4, 0.5) is 30.2 Å². The van der Waals surface area contributed by atoms with E-state index in [0.29, 0.717) is 87.1 Å². The molecule has 0 bridgehead atoms. The standard InChI is InChI=1S/C69H82ClF3N10O9S3/c1-68(47-80-42-48(43-80)41-78-27-33-82(34-28-78)56-16-18-60-51(38-56)45-83(67(60)87)62-20-21-64(84)75-66(62)86)24-22-59(49-8-12-53(70)13-9-49)52(40-68)44-79-29-31-81(32-30-79)55-14-10-50(11-15-55)65(85)76-95(90,91)58-17-19-61(63(39-58)94(88,89)69(71,72)73)74-54(46-93-57-6-3-2-4-7-57)23-26-77-25-5-36-92-37-35-77/h2-4,6-19,38-39,48,54,62,74H,5,20-37,40-47H2,1H3,(H,76,85)(H,75,84,86)/t54-,62?,68-/m1/s1. The molecule has 0 saturated carbocycles. The number of nitrogens with one attached hydrogen (secondary N) is 3. The van der Waals surface area contributed by atoms with Gasteiger partial charge in [-0.05, 0) is 151 Å². The van der Waals surface area contributed by atoms with Gasteiger partial charge in [-0.25, -0.2) is 21.6 Å². The SMILES string of the molecule is C[C@@]1(CN2CC(CN3CCN(c4ccc5c(c4)CN(C4CCC(=O)NC4=O)C5=O)CC3)C2)CCC(c2ccc(Cl)cc2)=C(CN2CCN(c3ccc(C(=O)NS(=O)(=O)c4ccc(N[C@H](CCN5CCCOCC5)CSc5ccccc5)c(S(=O)(=O)C(F)(F)F)c4)cc3)CC2)C1. The van der Waals surface area contributed by atoms with Crippen LogP contribution in [0.5, 0.6) is 0 Å². The van der Waals surface area contributed by atoms with Gasteiger partial charge in [-0.15, -0.1) is 11.8 Å². The van der Waals surface area contributed by atoms with Gasteiger partial charge in [0.2, 0.25) is 11.8 Å². The van der Waals surface area contributed by atoms with Crippen LogP contribution >= 0.6 is 23.4 Å². The van der Waals surface area contributed by atoms with Crippen LogP contribution in [0.1, 0.15) is 83.7 Å². The van der Waals surface area contributed by atoms with Crippen molar-refractivity contribution in [2.45, 2.75) is 90.7 Å². The molecule has 0 radical (unpaired) electrons.